The lowest BCUT2D eigenvalue weighted by atomic mass is 9.85. The summed E-state index contributed by atoms with van der Waals surface area (Å²) in [7, 11) is 0. The second-order valence-electron chi connectivity index (χ2n) is 6.57. The minimum atomic E-state index is 0.0745. The molecule has 3 heteroatoms. The fourth-order valence-corrected chi connectivity index (χ4v) is 2.70. The molecule has 0 saturated carbocycles. The van der Waals surface area contributed by atoms with E-state index in [0.29, 0.717) is 6.42 Å². The summed E-state index contributed by atoms with van der Waals surface area (Å²) in [5, 5.41) is 4.09. The van der Waals surface area contributed by atoms with Crippen LogP contribution in [0.5, 0.6) is 0 Å². The molecule has 1 unspecified atom stereocenters. The molecule has 1 amide bonds. The fourth-order valence-electron chi connectivity index (χ4n) is 2.24. The summed E-state index contributed by atoms with van der Waals surface area (Å²) in [6.07, 6.45) is 1.41. The van der Waals surface area contributed by atoms with Gasteiger partial charge in [-0.2, -0.15) is 0 Å². The van der Waals surface area contributed by atoms with Gasteiger partial charge in [-0.1, -0.05) is 60.5 Å². The molecule has 0 saturated heterocycles. The summed E-state index contributed by atoms with van der Waals surface area (Å²) in [5.41, 5.74) is 3.57. The first kappa shape index (κ1) is 17.2. The molecule has 0 aromatic heterocycles. The molecular formula is C17H26BrNO. The van der Waals surface area contributed by atoms with Crippen molar-refractivity contribution in [2.45, 2.75) is 53.5 Å². The van der Waals surface area contributed by atoms with E-state index in [1.807, 2.05) is 0 Å². The maximum absolute atomic E-state index is 12.3. The lowest BCUT2D eigenvalue weighted by Crippen LogP contribution is -2.44. The van der Waals surface area contributed by atoms with Gasteiger partial charge in [-0.25, -0.2) is 0 Å². The Hall–Kier alpha value is -0.830. The van der Waals surface area contributed by atoms with Crippen LogP contribution in [0, 0.1) is 19.3 Å². The Labute approximate surface area is 131 Å². The summed E-state index contributed by atoms with van der Waals surface area (Å²) < 4.78 is 0. The van der Waals surface area contributed by atoms with Crippen LogP contribution in [0.15, 0.2) is 18.2 Å². The predicted molar refractivity (Wildman–Crippen MR) is 89.4 cm³/mol. The summed E-state index contributed by atoms with van der Waals surface area (Å²) in [6, 6.07) is 6.46. The van der Waals surface area contributed by atoms with Crippen molar-refractivity contribution in [3.63, 3.8) is 0 Å². The fraction of sp³-hybridized carbons (Fsp3) is 0.588. The molecule has 0 aliphatic heterocycles. The predicted octanol–water partition coefficient (Wildman–Crippen LogP) is 4.16. The summed E-state index contributed by atoms with van der Waals surface area (Å²) in [4.78, 5) is 12.3. The highest BCUT2D eigenvalue weighted by atomic mass is 79.9. The molecule has 0 bridgehead atoms. The molecular weight excluding hydrogens is 314 g/mol. The van der Waals surface area contributed by atoms with Crippen LogP contribution in [0.3, 0.4) is 0 Å². The molecule has 2 nitrogen and oxygen atoms in total. The number of aryl methyl sites for hydroxylation is 2. The zero-order valence-corrected chi connectivity index (χ0v) is 14.8. The maximum Gasteiger partial charge on any atom is 0.224 e. The Morgan fingerprint density at radius 1 is 1.30 bits per heavy atom. The van der Waals surface area contributed by atoms with E-state index in [1.165, 1.54) is 11.1 Å². The molecule has 0 aliphatic rings. The zero-order chi connectivity index (χ0) is 15.3. The minimum Gasteiger partial charge on any atom is -0.353 e. The number of alkyl halides is 1. The van der Waals surface area contributed by atoms with Crippen molar-refractivity contribution in [2.24, 2.45) is 5.41 Å². The second kappa shape index (κ2) is 7.26. The second-order valence-corrected chi connectivity index (χ2v) is 7.36. The van der Waals surface area contributed by atoms with Crippen molar-refractivity contribution in [3.05, 3.63) is 34.9 Å². The molecule has 0 aliphatic carbocycles. The molecule has 1 aromatic rings. The molecule has 112 valence electrons. The van der Waals surface area contributed by atoms with Gasteiger partial charge in [-0.3, -0.25) is 4.79 Å². The highest BCUT2D eigenvalue weighted by Crippen LogP contribution is 2.22. The van der Waals surface area contributed by atoms with Gasteiger partial charge in [0.1, 0.15) is 0 Å². The van der Waals surface area contributed by atoms with Crippen LogP contribution in [0.25, 0.3) is 0 Å². The van der Waals surface area contributed by atoms with Gasteiger partial charge in [0.15, 0.2) is 0 Å². The van der Waals surface area contributed by atoms with Crippen LogP contribution in [0.2, 0.25) is 0 Å². The summed E-state index contributed by atoms with van der Waals surface area (Å²) in [5.74, 6) is 0.111. The van der Waals surface area contributed by atoms with Crippen LogP contribution in [0.1, 0.15) is 43.9 Å². The van der Waals surface area contributed by atoms with Gasteiger partial charge in [0.05, 0.1) is 6.42 Å². The van der Waals surface area contributed by atoms with Crippen molar-refractivity contribution >= 4 is 21.8 Å². The monoisotopic (exact) mass is 339 g/mol. The molecule has 0 heterocycles. The third-order valence-electron chi connectivity index (χ3n) is 3.63. The third kappa shape index (κ3) is 5.28. The Bertz CT molecular complexity index is 463. The van der Waals surface area contributed by atoms with E-state index in [-0.39, 0.29) is 17.4 Å². The van der Waals surface area contributed by atoms with Crippen LogP contribution in [-0.4, -0.2) is 17.3 Å². The lowest BCUT2D eigenvalue weighted by molar-refractivity contribution is -0.121. The molecule has 0 fully saturated rings. The molecule has 1 atom stereocenters. The average Bonchev–Trinajstić information content (AvgIpc) is 2.32. The van der Waals surface area contributed by atoms with E-state index in [2.05, 4.69) is 74.1 Å². The Morgan fingerprint density at radius 3 is 2.50 bits per heavy atom. The van der Waals surface area contributed by atoms with Crippen LogP contribution in [0.4, 0.5) is 0 Å². The number of benzene rings is 1. The Kier molecular flexibility index (Phi) is 6.25. The highest BCUT2D eigenvalue weighted by Gasteiger charge is 2.25. The number of carbonyl (C=O) groups is 1. The number of amides is 1. The number of rotatable bonds is 5. The Morgan fingerprint density at radius 2 is 1.95 bits per heavy atom. The lowest BCUT2D eigenvalue weighted by Gasteiger charge is -2.31. The number of nitrogens with one attached hydrogen (secondary N) is 1. The maximum atomic E-state index is 12.3. The van der Waals surface area contributed by atoms with Crippen LogP contribution in [-0.2, 0) is 11.2 Å². The normalized spacial score (nSPS) is 13.1. The van der Waals surface area contributed by atoms with Gasteiger partial charge in [-0.15, -0.1) is 0 Å². The van der Waals surface area contributed by atoms with Crippen molar-refractivity contribution in [2.75, 3.05) is 5.33 Å². The first-order valence-corrected chi connectivity index (χ1v) is 8.27. The molecule has 1 rings (SSSR count). The average molecular weight is 340 g/mol. The van der Waals surface area contributed by atoms with Crippen molar-refractivity contribution in [1.82, 2.24) is 5.32 Å². The number of carbonyl (C=O) groups excluding carboxylic acids is 1. The van der Waals surface area contributed by atoms with Gasteiger partial charge in [0.25, 0.3) is 0 Å². The van der Waals surface area contributed by atoms with Gasteiger partial charge in [0.2, 0.25) is 5.91 Å². The Balaban J connectivity index is 2.73. The van der Waals surface area contributed by atoms with E-state index in [4.69, 9.17) is 0 Å². The quantitative estimate of drug-likeness (QED) is 0.801. The van der Waals surface area contributed by atoms with Crippen molar-refractivity contribution in [1.29, 1.82) is 0 Å². The zero-order valence-electron chi connectivity index (χ0n) is 13.2. The van der Waals surface area contributed by atoms with Gasteiger partial charge >= 0.3 is 0 Å². The smallest absolute Gasteiger partial charge is 0.224 e. The van der Waals surface area contributed by atoms with Crippen molar-refractivity contribution in [3.8, 4) is 0 Å². The molecule has 1 aromatic carbocycles. The first-order chi connectivity index (χ1) is 9.24. The van der Waals surface area contributed by atoms with Gasteiger partial charge in [-0.05, 0) is 36.8 Å². The topological polar surface area (TPSA) is 29.1 Å². The van der Waals surface area contributed by atoms with E-state index in [0.717, 1.165) is 17.3 Å². The van der Waals surface area contributed by atoms with Crippen LogP contribution >= 0.6 is 15.9 Å². The SMILES string of the molecule is Cc1ccc(C)c(CC(=O)NC(CCBr)C(C)(C)C)c1. The number of hydrogen-bond donors (Lipinski definition) is 1. The molecule has 0 spiro atoms. The summed E-state index contributed by atoms with van der Waals surface area (Å²) >= 11 is 3.47. The largest absolute Gasteiger partial charge is 0.353 e. The first-order valence-electron chi connectivity index (χ1n) is 7.15. The third-order valence-corrected chi connectivity index (χ3v) is 4.09. The van der Waals surface area contributed by atoms with Crippen LogP contribution < -0.4 is 5.32 Å². The van der Waals surface area contributed by atoms with Gasteiger partial charge in [0, 0.05) is 11.4 Å². The molecule has 1 N–H and O–H groups in total. The molecule has 0 radical (unpaired) electrons. The molecule has 20 heavy (non-hydrogen) atoms. The number of halogens is 1. The number of hydrogen-bond acceptors (Lipinski definition) is 1. The minimum absolute atomic E-state index is 0.0745. The van der Waals surface area contributed by atoms with Crippen molar-refractivity contribution < 1.29 is 4.79 Å². The van der Waals surface area contributed by atoms with E-state index < -0.39 is 0 Å². The van der Waals surface area contributed by atoms with E-state index in [1.54, 1.807) is 0 Å². The van der Waals surface area contributed by atoms with Gasteiger partial charge < -0.3 is 5.32 Å². The standard InChI is InChI=1S/C17H26BrNO/c1-12-6-7-13(2)14(10-12)11-16(20)19-15(8-9-18)17(3,4)5/h6-7,10,15H,8-9,11H2,1-5H3,(H,19,20). The van der Waals surface area contributed by atoms with E-state index in [9.17, 15) is 4.79 Å². The van der Waals surface area contributed by atoms with E-state index >= 15 is 0 Å². The highest BCUT2D eigenvalue weighted by molar-refractivity contribution is 9.09. The summed E-state index contributed by atoms with van der Waals surface area (Å²) in [6.45, 7) is 10.6.